The van der Waals surface area contributed by atoms with Crippen LogP contribution in [0, 0.1) is 0 Å². The van der Waals surface area contributed by atoms with Crippen molar-refractivity contribution in [2.45, 2.75) is 0 Å². The summed E-state index contributed by atoms with van der Waals surface area (Å²) < 4.78 is 15.7. The molecule has 2 rings (SSSR count). The van der Waals surface area contributed by atoms with Gasteiger partial charge in [-0.05, 0) is 12.1 Å². The van der Waals surface area contributed by atoms with Gasteiger partial charge in [-0.2, -0.15) is 0 Å². The van der Waals surface area contributed by atoms with Gasteiger partial charge in [0.15, 0.2) is 6.61 Å². The molecule has 25 heavy (non-hydrogen) atoms. The van der Waals surface area contributed by atoms with Crippen LogP contribution < -0.4 is 15.4 Å². The first-order valence-corrected chi connectivity index (χ1v) is 8.27. The number of amides is 2. The lowest BCUT2D eigenvalue weighted by Crippen LogP contribution is -2.43. The fraction of sp³-hybridized carbons (Fsp3) is 0.529. The maximum absolute atomic E-state index is 12.1. The largest absolute Gasteiger partial charge is 0.482 e. The van der Waals surface area contributed by atoms with Crippen molar-refractivity contribution in [1.82, 2.24) is 10.2 Å². The summed E-state index contributed by atoms with van der Waals surface area (Å²) in [5.74, 6) is 0.187. The standard InChI is InChI=1S/C17H25N3O5/c1-23-9-6-18-12-16(21)19-14-4-2-3-5-15(14)25-13-17(22)20-7-10-24-11-8-20/h2-5,18H,6-13H2,1H3,(H,19,21). The van der Waals surface area contributed by atoms with Crippen LogP contribution in [0.2, 0.25) is 0 Å². The van der Waals surface area contributed by atoms with Gasteiger partial charge in [-0.1, -0.05) is 12.1 Å². The molecular weight excluding hydrogens is 326 g/mol. The van der Waals surface area contributed by atoms with Crippen molar-refractivity contribution in [2.75, 3.05) is 65.0 Å². The van der Waals surface area contributed by atoms with Crippen LogP contribution in [-0.4, -0.2) is 76.4 Å². The van der Waals surface area contributed by atoms with Crippen LogP contribution in [0.15, 0.2) is 24.3 Å². The van der Waals surface area contributed by atoms with Crippen LogP contribution in [0.3, 0.4) is 0 Å². The van der Waals surface area contributed by atoms with Crippen molar-refractivity contribution in [3.63, 3.8) is 0 Å². The van der Waals surface area contributed by atoms with Gasteiger partial charge in [0.2, 0.25) is 5.91 Å². The smallest absolute Gasteiger partial charge is 0.260 e. The Kier molecular flexibility index (Phi) is 8.17. The number of ether oxygens (including phenoxy) is 3. The number of hydrogen-bond donors (Lipinski definition) is 2. The molecule has 8 nitrogen and oxygen atoms in total. The van der Waals surface area contributed by atoms with Gasteiger partial charge in [-0.25, -0.2) is 0 Å². The fourth-order valence-corrected chi connectivity index (χ4v) is 2.31. The van der Waals surface area contributed by atoms with Crippen molar-refractivity contribution in [1.29, 1.82) is 0 Å². The van der Waals surface area contributed by atoms with E-state index in [4.69, 9.17) is 14.2 Å². The lowest BCUT2D eigenvalue weighted by molar-refractivity contribution is -0.137. The van der Waals surface area contributed by atoms with Crippen molar-refractivity contribution >= 4 is 17.5 Å². The topological polar surface area (TPSA) is 89.1 Å². The zero-order chi connectivity index (χ0) is 17.9. The van der Waals surface area contributed by atoms with Crippen molar-refractivity contribution in [3.05, 3.63) is 24.3 Å². The summed E-state index contributed by atoms with van der Waals surface area (Å²) >= 11 is 0. The normalized spacial score (nSPS) is 14.2. The maximum Gasteiger partial charge on any atom is 0.260 e. The first-order valence-electron chi connectivity index (χ1n) is 8.27. The van der Waals surface area contributed by atoms with Crippen molar-refractivity contribution < 1.29 is 23.8 Å². The number of methoxy groups -OCH3 is 1. The average Bonchev–Trinajstić information content (AvgIpc) is 2.65. The number of carbonyl (C=O) groups is 2. The predicted octanol–water partition coefficient (Wildman–Crippen LogP) is 0.0987. The van der Waals surface area contributed by atoms with E-state index in [2.05, 4.69) is 10.6 Å². The van der Waals surface area contributed by atoms with E-state index < -0.39 is 0 Å². The van der Waals surface area contributed by atoms with E-state index in [1.165, 1.54) is 0 Å². The Morgan fingerprint density at radius 1 is 1.24 bits per heavy atom. The third-order valence-corrected chi connectivity index (χ3v) is 3.64. The van der Waals surface area contributed by atoms with Crippen LogP contribution in [0.25, 0.3) is 0 Å². The molecule has 1 fully saturated rings. The van der Waals surface area contributed by atoms with E-state index in [1.807, 2.05) is 0 Å². The number of hydrogen-bond acceptors (Lipinski definition) is 6. The quantitative estimate of drug-likeness (QED) is 0.614. The van der Waals surface area contributed by atoms with Crippen LogP contribution in [0.4, 0.5) is 5.69 Å². The summed E-state index contributed by atoms with van der Waals surface area (Å²) in [6, 6.07) is 7.05. The molecule has 1 heterocycles. The van der Waals surface area contributed by atoms with E-state index in [1.54, 1.807) is 36.3 Å². The van der Waals surface area contributed by atoms with Crippen LogP contribution in [0.5, 0.6) is 5.75 Å². The number of nitrogens with zero attached hydrogens (tertiary/aromatic N) is 1. The minimum absolute atomic E-state index is 0.0705. The fourth-order valence-electron chi connectivity index (χ4n) is 2.31. The number of anilines is 1. The second kappa shape index (κ2) is 10.7. The zero-order valence-corrected chi connectivity index (χ0v) is 14.5. The van der Waals surface area contributed by atoms with Gasteiger partial charge in [0, 0.05) is 26.7 Å². The van der Waals surface area contributed by atoms with Crippen LogP contribution in [-0.2, 0) is 19.1 Å². The van der Waals surface area contributed by atoms with E-state index in [0.717, 1.165) is 0 Å². The highest BCUT2D eigenvalue weighted by atomic mass is 16.5. The Labute approximate surface area is 147 Å². The third kappa shape index (κ3) is 6.69. The highest BCUT2D eigenvalue weighted by molar-refractivity contribution is 5.93. The molecule has 1 saturated heterocycles. The van der Waals surface area contributed by atoms with Gasteiger partial charge >= 0.3 is 0 Å². The molecule has 1 aromatic carbocycles. The molecule has 138 valence electrons. The summed E-state index contributed by atoms with van der Waals surface area (Å²) in [6.45, 7) is 3.49. The van der Waals surface area contributed by atoms with E-state index >= 15 is 0 Å². The predicted molar refractivity (Wildman–Crippen MR) is 92.7 cm³/mol. The first kappa shape index (κ1) is 19.2. The summed E-state index contributed by atoms with van der Waals surface area (Å²) in [4.78, 5) is 25.8. The molecule has 0 unspecified atom stereocenters. The average molecular weight is 351 g/mol. The van der Waals surface area contributed by atoms with Gasteiger partial charge in [0.05, 0.1) is 32.1 Å². The zero-order valence-electron chi connectivity index (χ0n) is 14.5. The summed E-state index contributed by atoms with van der Waals surface area (Å²) in [6.07, 6.45) is 0. The molecule has 0 aliphatic carbocycles. The Morgan fingerprint density at radius 2 is 2.00 bits per heavy atom. The minimum Gasteiger partial charge on any atom is -0.482 e. The molecule has 0 atom stereocenters. The molecular formula is C17H25N3O5. The molecule has 1 aromatic rings. The number of benzene rings is 1. The lowest BCUT2D eigenvalue weighted by atomic mass is 10.3. The number of carbonyl (C=O) groups excluding carboxylic acids is 2. The summed E-state index contributed by atoms with van der Waals surface area (Å²) in [5.41, 5.74) is 0.538. The van der Waals surface area contributed by atoms with E-state index in [0.29, 0.717) is 50.9 Å². The number of rotatable bonds is 9. The molecule has 8 heteroatoms. The second-order valence-electron chi connectivity index (χ2n) is 5.50. The number of nitrogens with one attached hydrogen (secondary N) is 2. The molecule has 0 saturated carbocycles. The Morgan fingerprint density at radius 3 is 2.76 bits per heavy atom. The van der Waals surface area contributed by atoms with Crippen LogP contribution >= 0.6 is 0 Å². The van der Waals surface area contributed by atoms with Crippen molar-refractivity contribution in [3.8, 4) is 5.75 Å². The van der Waals surface area contributed by atoms with Crippen molar-refractivity contribution in [2.24, 2.45) is 0 Å². The molecule has 0 bridgehead atoms. The highest BCUT2D eigenvalue weighted by Gasteiger charge is 2.18. The number of morpholine rings is 1. The van der Waals surface area contributed by atoms with Gasteiger partial charge < -0.3 is 29.7 Å². The molecule has 1 aliphatic heterocycles. The Bertz CT molecular complexity index is 561. The van der Waals surface area contributed by atoms with Gasteiger partial charge in [-0.15, -0.1) is 0 Å². The molecule has 1 aliphatic rings. The Balaban J connectivity index is 1.82. The van der Waals surface area contributed by atoms with E-state index in [-0.39, 0.29) is 25.0 Å². The molecule has 0 aromatic heterocycles. The van der Waals surface area contributed by atoms with Crippen LogP contribution in [0.1, 0.15) is 0 Å². The molecule has 2 N–H and O–H groups in total. The number of para-hydroxylation sites is 2. The first-order chi connectivity index (χ1) is 12.2. The molecule has 0 radical (unpaired) electrons. The summed E-state index contributed by atoms with van der Waals surface area (Å²) in [5, 5.41) is 5.75. The molecule has 0 spiro atoms. The monoisotopic (exact) mass is 351 g/mol. The lowest BCUT2D eigenvalue weighted by Gasteiger charge is -2.26. The Hall–Kier alpha value is -2.16. The summed E-state index contributed by atoms with van der Waals surface area (Å²) in [7, 11) is 1.60. The van der Waals surface area contributed by atoms with Gasteiger partial charge in [0.25, 0.3) is 5.91 Å². The highest BCUT2D eigenvalue weighted by Crippen LogP contribution is 2.23. The van der Waals surface area contributed by atoms with Gasteiger partial charge in [0.1, 0.15) is 5.75 Å². The minimum atomic E-state index is -0.188. The van der Waals surface area contributed by atoms with E-state index in [9.17, 15) is 9.59 Å². The molecule has 2 amide bonds. The second-order valence-corrected chi connectivity index (χ2v) is 5.50. The van der Waals surface area contributed by atoms with Gasteiger partial charge in [-0.3, -0.25) is 9.59 Å². The maximum atomic E-state index is 12.1. The SMILES string of the molecule is COCCNCC(=O)Nc1ccccc1OCC(=O)N1CCOCC1. The third-order valence-electron chi connectivity index (χ3n) is 3.64.